The highest BCUT2D eigenvalue weighted by Gasteiger charge is 2.44. The smallest absolute Gasteiger partial charge is 0.164 e. The standard InChI is InChI=1S/C23H24N4O3S2/c1-13-9-32-20(14-5-3-2-4-6-14)16(13)10-31-11-17-18(28)19(29)23(30-17)27-8-7-15-21(24)25-12-26-22(15)27/h2-9,12,17-19,23,28-29H,10-11H2,1H3,(H2,24,25,26)/t17-,18-,19-,23-/m1/s1. The maximum Gasteiger partial charge on any atom is 0.164 e. The van der Waals surface area contributed by atoms with Crippen molar-refractivity contribution < 1.29 is 14.9 Å². The summed E-state index contributed by atoms with van der Waals surface area (Å²) >= 11 is 3.45. The molecule has 4 heterocycles. The number of aliphatic hydroxyl groups is 2. The van der Waals surface area contributed by atoms with Gasteiger partial charge in [0.25, 0.3) is 0 Å². The molecule has 166 valence electrons. The van der Waals surface area contributed by atoms with Gasteiger partial charge in [-0.1, -0.05) is 30.3 Å². The lowest BCUT2D eigenvalue weighted by molar-refractivity contribution is -0.0285. The minimum absolute atomic E-state index is 0.370. The van der Waals surface area contributed by atoms with E-state index in [0.29, 0.717) is 22.6 Å². The summed E-state index contributed by atoms with van der Waals surface area (Å²) in [6, 6.07) is 12.2. The van der Waals surface area contributed by atoms with E-state index in [1.807, 2.05) is 6.07 Å². The van der Waals surface area contributed by atoms with Gasteiger partial charge in [-0.3, -0.25) is 0 Å². The van der Waals surface area contributed by atoms with Crippen LogP contribution in [0, 0.1) is 6.92 Å². The van der Waals surface area contributed by atoms with E-state index in [-0.39, 0.29) is 0 Å². The highest BCUT2D eigenvalue weighted by atomic mass is 32.2. The average Bonchev–Trinajstić information content (AvgIpc) is 3.47. The molecule has 3 aromatic heterocycles. The Hall–Kier alpha value is -2.43. The molecule has 7 nitrogen and oxygen atoms in total. The van der Waals surface area contributed by atoms with Gasteiger partial charge in [0.2, 0.25) is 0 Å². The summed E-state index contributed by atoms with van der Waals surface area (Å²) in [5.41, 5.74) is 10.3. The van der Waals surface area contributed by atoms with E-state index in [2.05, 4.69) is 46.5 Å². The third kappa shape index (κ3) is 3.80. The molecule has 1 saturated heterocycles. The van der Waals surface area contributed by atoms with Gasteiger partial charge in [0.15, 0.2) is 6.23 Å². The molecule has 1 fully saturated rings. The lowest BCUT2D eigenvalue weighted by atomic mass is 10.1. The molecule has 0 bridgehead atoms. The fraction of sp³-hybridized carbons (Fsp3) is 0.304. The second kappa shape index (κ2) is 8.84. The van der Waals surface area contributed by atoms with E-state index in [4.69, 9.17) is 10.5 Å². The number of aromatic nitrogens is 3. The van der Waals surface area contributed by atoms with Crippen LogP contribution >= 0.6 is 23.1 Å². The van der Waals surface area contributed by atoms with Gasteiger partial charge >= 0.3 is 0 Å². The summed E-state index contributed by atoms with van der Waals surface area (Å²) in [4.78, 5) is 9.54. The van der Waals surface area contributed by atoms with Crippen LogP contribution in [0.2, 0.25) is 0 Å². The number of hydrogen-bond donors (Lipinski definition) is 3. The first-order valence-corrected chi connectivity index (χ1v) is 12.4. The number of fused-ring (bicyclic) bond motifs is 1. The first kappa shape index (κ1) is 21.4. The Kier molecular flexibility index (Phi) is 5.92. The van der Waals surface area contributed by atoms with Gasteiger partial charge in [-0.2, -0.15) is 11.8 Å². The molecule has 1 aliphatic heterocycles. The van der Waals surface area contributed by atoms with Gasteiger partial charge < -0.3 is 25.3 Å². The Bertz CT molecular complexity index is 1230. The van der Waals surface area contributed by atoms with Gasteiger partial charge in [-0.05, 0) is 35.1 Å². The third-order valence-electron chi connectivity index (χ3n) is 5.82. The number of thiophene rings is 1. The molecule has 0 radical (unpaired) electrons. The number of rotatable bonds is 6. The van der Waals surface area contributed by atoms with Gasteiger partial charge in [0.05, 0.1) is 11.5 Å². The van der Waals surface area contributed by atoms with Crippen molar-refractivity contribution in [3.8, 4) is 10.4 Å². The largest absolute Gasteiger partial charge is 0.387 e. The fourth-order valence-electron chi connectivity index (χ4n) is 4.05. The summed E-state index contributed by atoms with van der Waals surface area (Å²) in [6.07, 6.45) is -0.128. The first-order valence-electron chi connectivity index (χ1n) is 10.3. The van der Waals surface area contributed by atoms with Crippen LogP contribution in [0.15, 0.2) is 54.3 Å². The summed E-state index contributed by atoms with van der Waals surface area (Å²) in [6.45, 7) is 2.13. The molecule has 5 rings (SSSR count). The third-order valence-corrected chi connectivity index (χ3v) is 8.07. The maximum absolute atomic E-state index is 10.7. The molecule has 32 heavy (non-hydrogen) atoms. The number of nitrogens with zero attached hydrogens (tertiary/aromatic N) is 3. The molecule has 4 N–H and O–H groups in total. The topological polar surface area (TPSA) is 106 Å². The molecule has 0 aliphatic carbocycles. The van der Waals surface area contributed by atoms with Crippen molar-refractivity contribution in [1.29, 1.82) is 0 Å². The van der Waals surface area contributed by atoms with Gasteiger partial charge in [0.1, 0.15) is 30.0 Å². The van der Waals surface area contributed by atoms with Crippen LogP contribution in [0.25, 0.3) is 21.5 Å². The fourth-order valence-corrected chi connectivity index (χ4v) is 6.43. The zero-order valence-corrected chi connectivity index (χ0v) is 19.1. The van der Waals surface area contributed by atoms with Crippen LogP contribution in [0.1, 0.15) is 17.4 Å². The summed E-state index contributed by atoms with van der Waals surface area (Å²) in [7, 11) is 0. The van der Waals surface area contributed by atoms with Gasteiger partial charge in [0, 0.05) is 22.6 Å². The van der Waals surface area contributed by atoms with Crippen molar-refractivity contribution in [3.05, 3.63) is 65.4 Å². The highest BCUT2D eigenvalue weighted by molar-refractivity contribution is 7.98. The van der Waals surface area contributed by atoms with Crippen molar-refractivity contribution in [3.63, 3.8) is 0 Å². The number of benzene rings is 1. The Morgan fingerprint density at radius 2 is 1.97 bits per heavy atom. The molecule has 4 aromatic rings. The number of nitrogens with two attached hydrogens (primary N) is 1. The van der Waals surface area contributed by atoms with E-state index >= 15 is 0 Å². The van der Waals surface area contributed by atoms with E-state index in [1.165, 1.54) is 27.9 Å². The molecule has 1 aliphatic rings. The molecule has 9 heteroatoms. The summed E-state index contributed by atoms with van der Waals surface area (Å²) in [5, 5.41) is 24.2. The predicted molar refractivity (Wildman–Crippen MR) is 129 cm³/mol. The highest BCUT2D eigenvalue weighted by Crippen LogP contribution is 2.37. The first-order chi connectivity index (χ1) is 15.5. The number of hydrogen-bond acceptors (Lipinski definition) is 8. The van der Waals surface area contributed by atoms with Crippen molar-refractivity contribution in [2.24, 2.45) is 0 Å². The Morgan fingerprint density at radius 3 is 2.78 bits per heavy atom. The number of aryl methyl sites for hydroxylation is 1. The predicted octanol–water partition coefficient (Wildman–Crippen LogP) is 3.60. The van der Waals surface area contributed by atoms with Crippen molar-refractivity contribution in [1.82, 2.24) is 14.5 Å². The lowest BCUT2D eigenvalue weighted by Crippen LogP contribution is -2.32. The number of anilines is 1. The second-order valence-corrected chi connectivity index (χ2v) is 9.78. The van der Waals surface area contributed by atoms with E-state index < -0.39 is 24.5 Å². The number of nitrogen functional groups attached to an aromatic ring is 1. The van der Waals surface area contributed by atoms with Crippen LogP contribution in [0.4, 0.5) is 5.82 Å². The monoisotopic (exact) mass is 468 g/mol. The second-order valence-electron chi connectivity index (χ2n) is 7.87. The van der Waals surface area contributed by atoms with Crippen molar-refractivity contribution >= 4 is 39.9 Å². The minimum atomic E-state index is -1.06. The van der Waals surface area contributed by atoms with Gasteiger partial charge in [-0.15, -0.1) is 11.3 Å². The molecule has 0 spiro atoms. The Morgan fingerprint density at radius 1 is 1.16 bits per heavy atom. The number of thioether (sulfide) groups is 1. The van der Waals surface area contributed by atoms with Crippen LogP contribution < -0.4 is 5.73 Å². The Labute approximate surface area is 193 Å². The quantitative estimate of drug-likeness (QED) is 0.397. The molecule has 0 unspecified atom stereocenters. The summed E-state index contributed by atoms with van der Waals surface area (Å²) in [5.74, 6) is 1.74. The van der Waals surface area contributed by atoms with Crippen molar-refractivity contribution in [2.75, 3.05) is 11.5 Å². The number of ether oxygens (including phenoxy) is 1. The minimum Gasteiger partial charge on any atom is -0.387 e. The molecule has 0 saturated carbocycles. The van der Waals surface area contributed by atoms with Crippen LogP contribution in [0.3, 0.4) is 0 Å². The van der Waals surface area contributed by atoms with E-state index in [0.717, 1.165) is 5.75 Å². The molecular formula is C23H24N4O3S2. The van der Waals surface area contributed by atoms with Gasteiger partial charge in [-0.25, -0.2) is 9.97 Å². The SMILES string of the molecule is Cc1csc(-c2ccccc2)c1CSC[C@H]1O[C@@H](n2ccc3c(N)ncnc32)[C@H](O)[C@@H]1O. The number of aliphatic hydroxyl groups excluding tert-OH is 2. The maximum atomic E-state index is 10.7. The molecular weight excluding hydrogens is 444 g/mol. The van der Waals surface area contributed by atoms with Crippen LogP contribution in [-0.4, -0.2) is 48.8 Å². The van der Waals surface area contributed by atoms with Crippen LogP contribution in [-0.2, 0) is 10.5 Å². The molecule has 4 atom stereocenters. The molecule has 0 amide bonds. The zero-order valence-electron chi connectivity index (χ0n) is 17.5. The average molecular weight is 469 g/mol. The molecule has 1 aromatic carbocycles. The lowest BCUT2D eigenvalue weighted by Gasteiger charge is -2.17. The van der Waals surface area contributed by atoms with Crippen molar-refractivity contribution in [2.45, 2.75) is 37.2 Å². The van der Waals surface area contributed by atoms with E-state index in [1.54, 1.807) is 39.9 Å². The zero-order chi connectivity index (χ0) is 22.2. The van der Waals surface area contributed by atoms with E-state index in [9.17, 15) is 10.2 Å². The van der Waals surface area contributed by atoms with Crippen LogP contribution in [0.5, 0.6) is 0 Å². The Balaban J connectivity index is 1.28. The normalized spacial score (nSPS) is 23.2. The summed E-state index contributed by atoms with van der Waals surface area (Å²) < 4.78 is 7.80.